The van der Waals surface area contributed by atoms with Crippen LogP contribution in [0.2, 0.25) is 0 Å². The van der Waals surface area contributed by atoms with Gasteiger partial charge in [-0.2, -0.15) is 18.4 Å². The van der Waals surface area contributed by atoms with Gasteiger partial charge in [-0.3, -0.25) is 0 Å². The van der Waals surface area contributed by atoms with Crippen LogP contribution in [0.15, 0.2) is 42.5 Å². The Hall–Kier alpha value is -2.48. The van der Waals surface area contributed by atoms with Crippen molar-refractivity contribution < 1.29 is 13.2 Å². The van der Waals surface area contributed by atoms with Crippen LogP contribution >= 0.6 is 0 Å². The molecule has 0 heterocycles. The predicted molar refractivity (Wildman–Crippen MR) is 66.0 cm³/mol. The van der Waals surface area contributed by atoms with E-state index in [0.29, 0.717) is 22.4 Å². The minimum Gasteiger partial charge on any atom is -0.399 e. The van der Waals surface area contributed by atoms with E-state index in [1.54, 1.807) is 6.07 Å². The number of nitriles is 1. The van der Waals surface area contributed by atoms with Gasteiger partial charge in [0.15, 0.2) is 0 Å². The van der Waals surface area contributed by atoms with Crippen LogP contribution in [0.4, 0.5) is 18.9 Å². The fourth-order valence-electron chi connectivity index (χ4n) is 1.76. The Bertz CT molecular complexity index is 654. The van der Waals surface area contributed by atoms with Gasteiger partial charge in [-0.05, 0) is 41.5 Å². The van der Waals surface area contributed by atoms with E-state index in [4.69, 9.17) is 11.0 Å². The summed E-state index contributed by atoms with van der Waals surface area (Å²) in [6, 6.07) is 11.3. The highest BCUT2D eigenvalue weighted by molar-refractivity contribution is 5.70. The number of nitrogens with two attached hydrogens (primary N) is 1. The Kier molecular flexibility index (Phi) is 3.17. The monoisotopic (exact) mass is 262 g/mol. The number of hydrogen-bond acceptors (Lipinski definition) is 2. The van der Waals surface area contributed by atoms with Crippen LogP contribution in [0.1, 0.15) is 11.1 Å². The fraction of sp³-hybridized carbons (Fsp3) is 0.0714. The smallest absolute Gasteiger partial charge is 0.399 e. The molecule has 0 aliphatic rings. The number of nitrogen functional groups attached to an aromatic ring is 1. The molecule has 0 atom stereocenters. The number of rotatable bonds is 1. The average Bonchev–Trinajstić information content (AvgIpc) is 2.37. The summed E-state index contributed by atoms with van der Waals surface area (Å²) < 4.78 is 37.9. The van der Waals surface area contributed by atoms with E-state index in [9.17, 15) is 13.2 Å². The molecule has 0 saturated carbocycles. The maximum absolute atomic E-state index is 12.6. The largest absolute Gasteiger partial charge is 0.416 e. The minimum absolute atomic E-state index is 0.312. The first-order valence-corrected chi connectivity index (χ1v) is 5.38. The molecule has 0 bridgehead atoms. The van der Waals surface area contributed by atoms with Gasteiger partial charge in [0.2, 0.25) is 0 Å². The Morgan fingerprint density at radius 3 is 2.37 bits per heavy atom. The van der Waals surface area contributed by atoms with Crippen LogP contribution in [-0.2, 0) is 6.18 Å². The first-order valence-electron chi connectivity index (χ1n) is 5.38. The maximum Gasteiger partial charge on any atom is 0.416 e. The molecule has 0 unspecified atom stereocenters. The summed E-state index contributed by atoms with van der Waals surface area (Å²) in [6.07, 6.45) is -4.39. The summed E-state index contributed by atoms with van der Waals surface area (Å²) >= 11 is 0. The van der Waals surface area contributed by atoms with Gasteiger partial charge in [-0.1, -0.05) is 12.1 Å². The molecule has 5 heteroatoms. The predicted octanol–water partition coefficient (Wildman–Crippen LogP) is 3.83. The van der Waals surface area contributed by atoms with Crippen LogP contribution in [0, 0.1) is 11.3 Å². The molecule has 2 rings (SSSR count). The highest BCUT2D eigenvalue weighted by atomic mass is 19.4. The zero-order chi connectivity index (χ0) is 14.0. The van der Waals surface area contributed by atoms with Gasteiger partial charge in [0, 0.05) is 5.69 Å². The molecule has 0 amide bonds. The zero-order valence-electron chi connectivity index (χ0n) is 9.70. The van der Waals surface area contributed by atoms with Crippen molar-refractivity contribution in [3.05, 3.63) is 53.6 Å². The second-order valence-electron chi connectivity index (χ2n) is 4.03. The summed E-state index contributed by atoms with van der Waals surface area (Å²) in [5.41, 5.74) is 6.41. The second-order valence-corrected chi connectivity index (χ2v) is 4.03. The highest BCUT2D eigenvalue weighted by Crippen LogP contribution is 2.32. The van der Waals surface area contributed by atoms with Crippen molar-refractivity contribution >= 4 is 5.69 Å². The summed E-state index contributed by atoms with van der Waals surface area (Å²) in [5, 5.41) is 8.83. The number of nitrogens with zero attached hydrogens (tertiary/aromatic N) is 1. The van der Waals surface area contributed by atoms with Gasteiger partial charge in [-0.15, -0.1) is 0 Å². The molecule has 0 aliphatic carbocycles. The molecule has 19 heavy (non-hydrogen) atoms. The topological polar surface area (TPSA) is 49.8 Å². The molecule has 0 radical (unpaired) electrons. The number of anilines is 1. The molecule has 2 aromatic carbocycles. The van der Waals surface area contributed by atoms with Crippen LogP contribution in [0.25, 0.3) is 11.1 Å². The van der Waals surface area contributed by atoms with E-state index in [0.717, 1.165) is 12.1 Å². The average molecular weight is 262 g/mol. The first-order chi connectivity index (χ1) is 8.90. The molecule has 0 aliphatic heterocycles. The molecule has 2 nitrogen and oxygen atoms in total. The van der Waals surface area contributed by atoms with E-state index in [-0.39, 0.29) is 0 Å². The molecule has 0 fully saturated rings. The summed E-state index contributed by atoms with van der Waals surface area (Å²) in [4.78, 5) is 0. The lowest BCUT2D eigenvalue weighted by atomic mass is 10.0. The number of benzene rings is 2. The maximum atomic E-state index is 12.6. The van der Waals surface area contributed by atoms with Gasteiger partial charge in [0.05, 0.1) is 17.2 Å². The number of halogens is 3. The molecule has 2 N–H and O–H groups in total. The van der Waals surface area contributed by atoms with Gasteiger partial charge in [-0.25, -0.2) is 0 Å². The van der Waals surface area contributed by atoms with Gasteiger partial charge < -0.3 is 5.73 Å². The molecular weight excluding hydrogens is 253 g/mol. The lowest BCUT2D eigenvalue weighted by Gasteiger charge is -2.09. The van der Waals surface area contributed by atoms with Crippen molar-refractivity contribution in [3.8, 4) is 17.2 Å². The highest BCUT2D eigenvalue weighted by Gasteiger charge is 2.30. The lowest BCUT2D eigenvalue weighted by Crippen LogP contribution is -2.04. The molecule has 0 aromatic heterocycles. The van der Waals surface area contributed by atoms with Crippen LogP contribution in [-0.4, -0.2) is 0 Å². The van der Waals surface area contributed by atoms with Gasteiger partial charge in [0.25, 0.3) is 0 Å². The van der Waals surface area contributed by atoms with Crippen molar-refractivity contribution in [3.63, 3.8) is 0 Å². The molecule has 2 aromatic rings. The Morgan fingerprint density at radius 2 is 1.74 bits per heavy atom. The van der Waals surface area contributed by atoms with Crippen molar-refractivity contribution in [2.24, 2.45) is 0 Å². The normalized spacial score (nSPS) is 11.1. The Labute approximate surface area is 107 Å². The van der Waals surface area contributed by atoms with Crippen LogP contribution in [0.3, 0.4) is 0 Å². The third-order valence-electron chi connectivity index (χ3n) is 2.61. The Morgan fingerprint density at radius 1 is 1.00 bits per heavy atom. The van der Waals surface area contributed by atoms with Crippen molar-refractivity contribution in [1.82, 2.24) is 0 Å². The fourth-order valence-corrected chi connectivity index (χ4v) is 1.76. The quantitative estimate of drug-likeness (QED) is 0.794. The first kappa shape index (κ1) is 13.0. The van der Waals surface area contributed by atoms with Crippen LogP contribution in [0.5, 0.6) is 0 Å². The second kappa shape index (κ2) is 4.65. The number of hydrogen-bond donors (Lipinski definition) is 1. The minimum atomic E-state index is -4.39. The third kappa shape index (κ3) is 2.86. The summed E-state index contributed by atoms with van der Waals surface area (Å²) in [7, 11) is 0. The van der Waals surface area contributed by atoms with E-state index >= 15 is 0 Å². The third-order valence-corrected chi connectivity index (χ3v) is 2.61. The molecule has 0 spiro atoms. The van der Waals surface area contributed by atoms with Crippen molar-refractivity contribution in [2.75, 3.05) is 5.73 Å². The zero-order valence-corrected chi connectivity index (χ0v) is 9.70. The molecule has 96 valence electrons. The molecule has 0 saturated heterocycles. The van der Waals surface area contributed by atoms with Crippen molar-refractivity contribution in [1.29, 1.82) is 5.26 Å². The number of alkyl halides is 3. The standard InChI is InChI=1S/C14H9F3N2/c15-14(16,17)12-3-1-2-10(6-12)11-4-9(8-18)5-13(19)7-11/h1-7H,19H2. The van der Waals surface area contributed by atoms with Gasteiger partial charge >= 0.3 is 6.18 Å². The van der Waals surface area contributed by atoms with E-state index < -0.39 is 11.7 Å². The van der Waals surface area contributed by atoms with Crippen LogP contribution < -0.4 is 5.73 Å². The van der Waals surface area contributed by atoms with E-state index in [1.807, 2.05) is 6.07 Å². The van der Waals surface area contributed by atoms with Crippen molar-refractivity contribution in [2.45, 2.75) is 6.18 Å². The summed E-state index contributed by atoms with van der Waals surface area (Å²) in [5.74, 6) is 0. The Balaban J connectivity index is 2.54. The lowest BCUT2D eigenvalue weighted by molar-refractivity contribution is -0.137. The van der Waals surface area contributed by atoms with E-state index in [2.05, 4.69) is 0 Å². The summed E-state index contributed by atoms with van der Waals surface area (Å²) in [6.45, 7) is 0. The molecular formula is C14H9F3N2. The van der Waals surface area contributed by atoms with E-state index in [1.165, 1.54) is 24.3 Å². The van der Waals surface area contributed by atoms with Gasteiger partial charge in [0.1, 0.15) is 0 Å². The SMILES string of the molecule is N#Cc1cc(N)cc(-c2cccc(C(F)(F)F)c2)c1.